The number of hydrogen-bond donors (Lipinski definition) is 2. The topological polar surface area (TPSA) is 58.9 Å². The summed E-state index contributed by atoms with van der Waals surface area (Å²) in [4.78, 5) is 1.70. The first-order chi connectivity index (χ1) is 9.13. The minimum Gasteiger partial charge on any atom is -0.508 e. The van der Waals surface area contributed by atoms with Crippen molar-refractivity contribution in [3.63, 3.8) is 0 Å². The summed E-state index contributed by atoms with van der Waals surface area (Å²) in [5, 5.41) is 18.8. The Labute approximate surface area is 115 Å². The molecule has 100 valence electrons. The molecular formula is C14H14O4S. The van der Waals surface area contributed by atoms with E-state index in [2.05, 4.69) is 0 Å². The lowest BCUT2D eigenvalue weighted by Crippen LogP contribution is -1.88. The molecule has 4 nitrogen and oxygen atoms in total. The SMILES string of the molecule is COc1cc(O)ccc1Sc1ccc(O)cc1OC. The van der Waals surface area contributed by atoms with Crippen molar-refractivity contribution in [2.75, 3.05) is 14.2 Å². The molecule has 5 heteroatoms. The number of benzene rings is 2. The lowest BCUT2D eigenvalue weighted by molar-refractivity contribution is 0.396. The van der Waals surface area contributed by atoms with Crippen molar-refractivity contribution in [2.24, 2.45) is 0 Å². The monoisotopic (exact) mass is 278 g/mol. The van der Waals surface area contributed by atoms with E-state index in [9.17, 15) is 10.2 Å². The molecule has 2 N–H and O–H groups in total. The second kappa shape index (κ2) is 5.75. The number of methoxy groups -OCH3 is 2. The second-order valence-electron chi connectivity index (χ2n) is 3.77. The van der Waals surface area contributed by atoms with Crippen LogP contribution in [-0.2, 0) is 0 Å². The van der Waals surface area contributed by atoms with Crippen molar-refractivity contribution in [3.8, 4) is 23.0 Å². The average Bonchev–Trinajstić information content (AvgIpc) is 2.42. The van der Waals surface area contributed by atoms with Crippen molar-refractivity contribution in [3.05, 3.63) is 36.4 Å². The van der Waals surface area contributed by atoms with Gasteiger partial charge in [-0.2, -0.15) is 0 Å². The van der Waals surface area contributed by atoms with Crippen LogP contribution in [0.5, 0.6) is 23.0 Å². The Kier molecular flexibility index (Phi) is 4.06. The van der Waals surface area contributed by atoms with Gasteiger partial charge in [0.25, 0.3) is 0 Å². The normalized spacial score (nSPS) is 10.2. The van der Waals surface area contributed by atoms with Crippen LogP contribution < -0.4 is 9.47 Å². The smallest absolute Gasteiger partial charge is 0.136 e. The van der Waals surface area contributed by atoms with Crippen molar-refractivity contribution < 1.29 is 19.7 Å². The van der Waals surface area contributed by atoms with E-state index < -0.39 is 0 Å². The molecule has 19 heavy (non-hydrogen) atoms. The zero-order chi connectivity index (χ0) is 13.8. The van der Waals surface area contributed by atoms with Gasteiger partial charge in [-0.3, -0.25) is 0 Å². The maximum Gasteiger partial charge on any atom is 0.136 e. The summed E-state index contributed by atoms with van der Waals surface area (Å²) >= 11 is 1.44. The molecule has 0 unspecified atom stereocenters. The van der Waals surface area contributed by atoms with Gasteiger partial charge in [0.1, 0.15) is 23.0 Å². The van der Waals surface area contributed by atoms with Crippen LogP contribution in [0.1, 0.15) is 0 Å². The van der Waals surface area contributed by atoms with Gasteiger partial charge in [-0.25, -0.2) is 0 Å². The van der Waals surface area contributed by atoms with Crippen LogP contribution in [0, 0.1) is 0 Å². The number of rotatable bonds is 4. The van der Waals surface area contributed by atoms with Gasteiger partial charge in [0.15, 0.2) is 0 Å². The van der Waals surface area contributed by atoms with Crippen LogP contribution in [0.15, 0.2) is 46.2 Å². The molecule has 0 aliphatic carbocycles. The fraction of sp³-hybridized carbons (Fsp3) is 0.143. The highest BCUT2D eigenvalue weighted by molar-refractivity contribution is 7.99. The highest BCUT2D eigenvalue weighted by Crippen LogP contribution is 2.41. The third-order valence-electron chi connectivity index (χ3n) is 2.51. The molecule has 0 bridgehead atoms. The zero-order valence-electron chi connectivity index (χ0n) is 10.6. The van der Waals surface area contributed by atoms with Gasteiger partial charge in [0.05, 0.1) is 24.0 Å². The van der Waals surface area contributed by atoms with Crippen LogP contribution in [0.3, 0.4) is 0 Å². The number of phenols is 2. The van der Waals surface area contributed by atoms with Crippen molar-refractivity contribution in [1.82, 2.24) is 0 Å². The van der Waals surface area contributed by atoms with Gasteiger partial charge in [-0.15, -0.1) is 0 Å². The van der Waals surface area contributed by atoms with E-state index in [1.807, 2.05) is 0 Å². The third kappa shape index (κ3) is 3.06. The van der Waals surface area contributed by atoms with E-state index in [0.717, 1.165) is 9.79 Å². The Morgan fingerprint density at radius 1 is 0.789 bits per heavy atom. The highest BCUT2D eigenvalue weighted by Gasteiger charge is 2.10. The number of hydrogen-bond acceptors (Lipinski definition) is 5. The summed E-state index contributed by atoms with van der Waals surface area (Å²) < 4.78 is 10.4. The van der Waals surface area contributed by atoms with Crippen molar-refractivity contribution in [2.45, 2.75) is 9.79 Å². The minimum absolute atomic E-state index is 0.152. The van der Waals surface area contributed by atoms with Crippen LogP contribution >= 0.6 is 11.8 Å². The molecule has 0 aliphatic rings. The largest absolute Gasteiger partial charge is 0.508 e. The van der Waals surface area contributed by atoms with Crippen LogP contribution in [-0.4, -0.2) is 24.4 Å². The fourth-order valence-corrected chi connectivity index (χ4v) is 2.59. The predicted molar refractivity (Wildman–Crippen MR) is 73.4 cm³/mol. The average molecular weight is 278 g/mol. The molecule has 2 aromatic carbocycles. The molecule has 0 spiro atoms. The summed E-state index contributed by atoms with van der Waals surface area (Å²) in [6.07, 6.45) is 0. The molecule has 0 amide bonds. The first-order valence-electron chi connectivity index (χ1n) is 5.56. The summed E-state index contributed by atoms with van der Waals surface area (Å²) in [6.45, 7) is 0. The molecule has 0 radical (unpaired) electrons. The first-order valence-corrected chi connectivity index (χ1v) is 6.37. The van der Waals surface area contributed by atoms with Crippen LogP contribution in [0.4, 0.5) is 0 Å². The summed E-state index contributed by atoms with van der Waals surface area (Å²) in [5.41, 5.74) is 0. The Bertz CT molecular complexity index is 532. The molecule has 0 saturated heterocycles. The van der Waals surface area contributed by atoms with Gasteiger partial charge in [0.2, 0.25) is 0 Å². The van der Waals surface area contributed by atoms with E-state index >= 15 is 0 Å². The van der Waals surface area contributed by atoms with E-state index in [4.69, 9.17) is 9.47 Å². The number of ether oxygens (including phenoxy) is 2. The lowest BCUT2D eigenvalue weighted by Gasteiger charge is -2.11. The van der Waals surface area contributed by atoms with E-state index in [-0.39, 0.29) is 11.5 Å². The third-order valence-corrected chi connectivity index (χ3v) is 3.63. The van der Waals surface area contributed by atoms with E-state index in [0.29, 0.717) is 11.5 Å². The van der Waals surface area contributed by atoms with E-state index in [1.54, 1.807) is 50.6 Å². The first kappa shape index (κ1) is 13.4. The van der Waals surface area contributed by atoms with Gasteiger partial charge in [-0.1, -0.05) is 11.8 Å². The minimum atomic E-state index is 0.152. The second-order valence-corrected chi connectivity index (χ2v) is 4.86. The van der Waals surface area contributed by atoms with Gasteiger partial charge in [-0.05, 0) is 24.3 Å². The molecule has 2 aromatic rings. The Morgan fingerprint density at radius 3 is 1.58 bits per heavy atom. The summed E-state index contributed by atoms with van der Waals surface area (Å²) in [6, 6.07) is 9.83. The highest BCUT2D eigenvalue weighted by atomic mass is 32.2. The quantitative estimate of drug-likeness (QED) is 0.899. The lowest BCUT2D eigenvalue weighted by atomic mass is 10.3. The molecule has 2 rings (SSSR count). The Hall–Kier alpha value is -2.01. The Morgan fingerprint density at radius 2 is 1.21 bits per heavy atom. The molecule has 0 heterocycles. The molecular weight excluding hydrogens is 264 g/mol. The molecule has 0 aromatic heterocycles. The zero-order valence-corrected chi connectivity index (χ0v) is 11.4. The molecule has 0 saturated carbocycles. The van der Waals surface area contributed by atoms with E-state index in [1.165, 1.54) is 11.8 Å². The van der Waals surface area contributed by atoms with Gasteiger partial charge in [0, 0.05) is 12.1 Å². The van der Waals surface area contributed by atoms with Crippen LogP contribution in [0.25, 0.3) is 0 Å². The molecule has 0 atom stereocenters. The molecule has 0 fully saturated rings. The van der Waals surface area contributed by atoms with Crippen molar-refractivity contribution >= 4 is 11.8 Å². The number of aromatic hydroxyl groups is 2. The standard InChI is InChI=1S/C14H14O4S/c1-17-11-7-9(15)3-5-13(11)19-14-6-4-10(16)8-12(14)18-2/h3-8,15-16H,1-2H3. The number of phenolic OH excluding ortho intramolecular Hbond substituents is 2. The fourth-order valence-electron chi connectivity index (χ4n) is 1.60. The van der Waals surface area contributed by atoms with Crippen molar-refractivity contribution in [1.29, 1.82) is 0 Å². The van der Waals surface area contributed by atoms with Gasteiger partial charge >= 0.3 is 0 Å². The Balaban J connectivity index is 2.36. The molecule has 0 aliphatic heterocycles. The maximum absolute atomic E-state index is 9.42. The maximum atomic E-state index is 9.42. The predicted octanol–water partition coefficient (Wildman–Crippen LogP) is 3.27. The summed E-state index contributed by atoms with van der Waals surface area (Å²) in [5.74, 6) is 1.47. The van der Waals surface area contributed by atoms with Gasteiger partial charge < -0.3 is 19.7 Å². The van der Waals surface area contributed by atoms with Crippen LogP contribution in [0.2, 0.25) is 0 Å². The summed E-state index contributed by atoms with van der Waals surface area (Å²) in [7, 11) is 3.10.